The van der Waals surface area contributed by atoms with Gasteiger partial charge in [0.2, 0.25) is 0 Å². The lowest BCUT2D eigenvalue weighted by Gasteiger charge is -2.35. The summed E-state index contributed by atoms with van der Waals surface area (Å²) in [5.74, 6) is 0.645. The summed E-state index contributed by atoms with van der Waals surface area (Å²) in [6.45, 7) is 10.9. The van der Waals surface area contributed by atoms with E-state index in [0.717, 1.165) is 48.4 Å². The van der Waals surface area contributed by atoms with Crippen molar-refractivity contribution in [1.29, 1.82) is 0 Å². The van der Waals surface area contributed by atoms with Crippen molar-refractivity contribution in [3.8, 4) is 0 Å². The molecule has 0 atom stereocenters. The van der Waals surface area contributed by atoms with Crippen LogP contribution in [0.2, 0.25) is 0 Å². The number of nitrogens with zero attached hydrogens (tertiary/aromatic N) is 5. The van der Waals surface area contributed by atoms with E-state index in [0.29, 0.717) is 12.5 Å². The van der Waals surface area contributed by atoms with Gasteiger partial charge in [0.25, 0.3) is 0 Å². The molecule has 2 aromatic heterocycles. The molecule has 0 aromatic carbocycles. The van der Waals surface area contributed by atoms with Crippen LogP contribution in [0.15, 0.2) is 21.9 Å². The fourth-order valence-electron chi connectivity index (χ4n) is 2.64. The van der Waals surface area contributed by atoms with Gasteiger partial charge in [-0.3, -0.25) is 4.99 Å². The summed E-state index contributed by atoms with van der Waals surface area (Å²) in [6.07, 6.45) is 2.70. The maximum absolute atomic E-state index is 6.18. The van der Waals surface area contributed by atoms with Gasteiger partial charge >= 0.3 is 0 Å². The van der Waals surface area contributed by atoms with Crippen molar-refractivity contribution >= 4 is 33.8 Å². The van der Waals surface area contributed by atoms with Crippen LogP contribution in [0.5, 0.6) is 0 Å². The molecule has 2 N–H and O–H groups in total. The lowest BCUT2D eigenvalue weighted by molar-refractivity contribution is 0.380. The van der Waals surface area contributed by atoms with Crippen molar-refractivity contribution < 1.29 is 0 Å². The van der Waals surface area contributed by atoms with E-state index in [1.54, 1.807) is 22.7 Å². The van der Waals surface area contributed by atoms with Crippen molar-refractivity contribution in [1.82, 2.24) is 14.9 Å². The average molecular weight is 379 g/mol. The number of thiazole rings is 2. The van der Waals surface area contributed by atoms with E-state index in [9.17, 15) is 0 Å². The number of hydrogen-bond donors (Lipinski definition) is 1. The molecular weight excluding hydrogens is 352 g/mol. The molecule has 0 saturated carbocycles. The summed E-state index contributed by atoms with van der Waals surface area (Å²) < 4.78 is 0. The Morgan fingerprint density at radius 3 is 2.60 bits per heavy atom. The normalized spacial score (nSPS) is 16.5. The van der Waals surface area contributed by atoms with Crippen molar-refractivity contribution in [2.75, 3.05) is 37.6 Å². The summed E-state index contributed by atoms with van der Waals surface area (Å²) in [6, 6.07) is 0. The molecule has 0 aliphatic carbocycles. The number of guanidine groups is 1. The van der Waals surface area contributed by atoms with Crippen LogP contribution in [-0.2, 0) is 11.8 Å². The predicted octanol–water partition coefficient (Wildman–Crippen LogP) is 2.58. The van der Waals surface area contributed by atoms with E-state index in [-0.39, 0.29) is 5.41 Å². The highest BCUT2D eigenvalue weighted by Gasteiger charge is 2.20. The highest BCUT2D eigenvalue weighted by molar-refractivity contribution is 7.13. The van der Waals surface area contributed by atoms with Crippen molar-refractivity contribution in [2.45, 2.75) is 32.6 Å². The number of rotatable bonds is 4. The molecule has 0 bridgehead atoms. The monoisotopic (exact) mass is 378 g/mol. The number of hydrogen-bond acceptors (Lipinski definition) is 6. The van der Waals surface area contributed by atoms with Crippen LogP contribution in [0.1, 0.15) is 31.5 Å². The second kappa shape index (κ2) is 7.70. The first kappa shape index (κ1) is 18.1. The van der Waals surface area contributed by atoms with Crippen molar-refractivity contribution in [3.05, 3.63) is 27.7 Å². The Morgan fingerprint density at radius 1 is 1.24 bits per heavy atom. The highest BCUT2D eigenvalue weighted by Crippen LogP contribution is 2.24. The first-order chi connectivity index (χ1) is 11.9. The molecule has 1 aliphatic heterocycles. The predicted molar refractivity (Wildman–Crippen MR) is 107 cm³/mol. The van der Waals surface area contributed by atoms with Gasteiger partial charge in [0.05, 0.1) is 10.7 Å². The zero-order chi connectivity index (χ0) is 17.9. The molecule has 0 unspecified atom stereocenters. The Bertz CT molecular complexity index is 693. The topological polar surface area (TPSA) is 70.6 Å². The van der Waals surface area contributed by atoms with Crippen LogP contribution in [0.25, 0.3) is 0 Å². The lowest BCUT2D eigenvalue weighted by Crippen LogP contribution is -2.51. The molecule has 8 heteroatoms. The van der Waals surface area contributed by atoms with Gasteiger partial charge in [-0.1, -0.05) is 20.8 Å². The molecule has 25 heavy (non-hydrogen) atoms. The van der Waals surface area contributed by atoms with Gasteiger partial charge in [-0.15, -0.1) is 22.7 Å². The van der Waals surface area contributed by atoms with E-state index in [1.165, 1.54) is 0 Å². The number of nitrogens with two attached hydrogens (primary N) is 1. The fourth-order valence-corrected chi connectivity index (χ4v) is 4.35. The number of aromatic nitrogens is 2. The van der Waals surface area contributed by atoms with Gasteiger partial charge in [0.15, 0.2) is 11.1 Å². The molecule has 1 fully saturated rings. The van der Waals surface area contributed by atoms with Crippen molar-refractivity contribution in [3.63, 3.8) is 0 Å². The second-order valence-corrected chi connectivity index (χ2v) is 8.97. The first-order valence-electron chi connectivity index (χ1n) is 8.57. The third-order valence-electron chi connectivity index (χ3n) is 4.21. The Labute approximate surface area is 157 Å². The molecule has 136 valence electrons. The molecular formula is C17H26N6S2. The molecule has 0 amide bonds. The van der Waals surface area contributed by atoms with Crippen LogP contribution in [-0.4, -0.2) is 53.6 Å². The van der Waals surface area contributed by atoms with E-state index in [2.05, 4.69) is 45.9 Å². The van der Waals surface area contributed by atoms with Crippen LogP contribution in [0.3, 0.4) is 0 Å². The minimum atomic E-state index is 0.105. The molecule has 2 aromatic rings. The summed E-state index contributed by atoms with van der Waals surface area (Å²) in [5, 5.41) is 6.39. The number of anilines is 1. The van der Waals surface area contributed by atoms with Crippen LogP contribution in [0, 0.1) is 0 Å². The van der Waals surface area contributed by atoms with Gasteiger partial charge in [0.1, 0.15) is 0 Å². The van der Waals surface area contributed by atoms with Gasteiger partial charge < -0.3 is 15.5 Å². The van der Waals surface area contributed by atoms with Crippen molar-refractivity contribution in [2.24, 2.45) is 10.7 Å². The molecule has 3 heterocycles. The summed E-state index contributed by atoms with van der Waals surface area (Å²) in [7, 11) is 0. The Balaban J connectivity index is 1.47. The van der Waals surface area contributed by atoms with Gasteiger partial charge in [-0.05, 0) is 0 Å². The van der Waals surface area contributed by atoms with Gasteiger partial charge in [0, 0.05) is 61.5 Å². The molecule has 1 saturated heterocycles. The molecule has 1 aliphatic rings. The largest absolute Gasteiger partial charge is 0.370 e. The van der Waals surface area contributed by atoms with E-state index < -0.39 is 0 Å². The van der Waals surface area contributed by atoms with Crippen LogP contribution in [0.4, 0.5) is 5.13 Å². The van der Waals surface area contributed by atoms with E-state index in [4.69, 9.17) is 10.7 Å². The molecule has 6 nitrogen and oxygen atoms in total. The second-order valence-electron chi connectivity index (χ2n) is 7.16. The summed E-state index contributed by atoms with van der Waals surface area (Å²) in [4.78, 5) is 18.1. The minimum absolute atomic E-state index is 0.105. The molecule has 3 rings (SSSR count). The van der Waals surface area contributed by atoms with E-state index >= 15 is 0 Å². The fraction of sp³-hybridized carbons (Fsp3) is 0.588. The zero-order valence-electron chi connectivity index (χ0n) is 15.1. The van der Waals surface area contributed by atoms with Gasteiger partial charge in [-0.25, -0.2) is 9.97 Å². The summed E-state index contributed by atoms with van der Waals surface area (Å²) >= 11 is 3.40. The average Bonchev–Trinajstić information content (AvgIpc) is 3.26. The lowest BCUT2D eigenvalue weighted by atomic mass is 9.93. The minimum Gasteiger partial charge on any atom is -0.370 e. The third-order valence-corrected chi connectivity index (χ3v) is 5.95. The van der Waals surface area contributed by atoms with Crippen LogP contribution >= 0.6 is 22.7 Å². The third kappa shape index (κ3) is 4.70. The Morgan fingerprint density at radius 2 is 2.00 bits per heavy atom. The molecule has 0 radical (unpaired) electrons. The highest BCUT2D eigenvalue weighted by atomic mass is 32.1. The zero-order valence-corrected chi connectivity index (χ0v) is 16.7. The number of aliphatic imine (C=N–C) groups is 1. The maximum atomic E-state index is 6.18. The van der Waals surface area contributed by atoms with E-state index in [1.807, 2.05) is 11.6 Å². The molecule has 0 spiro atoms. The Kier molecular flexibility index (Phi) is 5.58. The quantitative estimate of drug-likeness (QED) is 0.654. The maximum Gasteiger partial charge on any atom is 0.191 e. The van der Waals surface area contributed by atoms with Gasteiger partial charge in [-0.2, -0.15) is 0 Å². The summed E-state index contributed by atoms with van der Waals surface area (Å²) in [5.41, 5.74) is 7.44. The number of piperazine rings is 1. The smallest absolute Gasteiger partial charge is 0.191 e. The standard InChI is InChI=1S/C17H26N6S2/c1-17(2,3)13-12-25-14(21-13)4-5-19-15(18)22-7-9-23(10-8-22)16-20-6-11-24-16/h6,11-12H,4-5,7-10H2,1-3H3,(H2,18,19). The SMILES string of the molecule is CC(C)(C)c1csc(CCN=C(N)N2CCN(c3nccs3)CC2)n1. The Hall–Kier alpha value is -1.67. The first-order valence-corrected chi connectivity index (χ1v) is 10.3. The van der Waals surface area contributed by atoms with Crippen LogP contribution < -0.4 is 10.6 Å².